The summed E-state index contributed by atoms with van der Waals surface area (Å²) in [7, 11) is 1.89. The zero-order valence-corrected chi connectivity index (χ0v) is 9.75. The first kappa shape index (κ1) is 10.9. The Morgan fingerprint density at radius 3 is 2.80 bits per heavy atom. The third kappa shape index (κ3) is 1.66. The van der Waals surface area contributed by atoms with Crippen molar-refractivity contribution in [1.29, 1.82) is 0 Å². The Bertz CT molecular complexity index is 259. The fraction of sp³-hybridized carbons (Fsp3) is 0.909. The summed E-state index contributed by atoms with van der Waals surface area (Å²) in [6.07, 6.45) is 0.826. The van der Waals surface area contributed by atoms with Gasteiger partial charge in [-0.25, -0.2) is 0 Å². The van der Waals surface area contributed by atoms with Gasteiger partial charge in [0.25, 0.3) is 5.91 Å². The topological polar surface area (TPSA) is 41.6 Å². The number of nitrogens with one attached hydrogen (secondary N) is 1. The monoisotopic (exact) mass is 212 g/mol. The number of carbonyl (C=O) groups is 1. The molecular formula is C11H20N2O2. The van der Waals surface area contributed by atoms with E-state index in [1.165, 1.54) is 0 Å². The highest BCUT2D eigenvalue weighted by Crippen LogP contribution is 2.34. The second kappa shape index (κ2) is 3.76. The molecule has 0 bridgehead atoms. The number of ether oxygens (including phenoxy) is 1. The Hall–Kier alpha value is -0.610. The lowest BCUT2D eigenvalue weighted by molar-refractivity contribution is -0.151. The van der Waals surface area contributed by atoms with Crippen LogP contribution < -0.4 is 5.32 Å². The third-order valence-electron chi connectivity index (χ3n) is 3.58. The van der Waals surface area contributed by atoms with Crippen LogP contribution in [0.4, 0.5) is 0 Å². The molecule has 0 aromatic carbocycles. The molecule has 0 radical (unpaired) electrons. The number of likely N-dealkylation sites (tertiary alicyclic amines) is 1. The summed E-state index contributed by atoms with van der Waals surface area (Å²) in [6, 6.07) is 0.317. The van der Waals surface area contributed by atoms with E-state index in [0.717, 1.165) is 13.0 Å². The quantitative estimate of drug-likeness (QED) is 0.676. The van der Waals surface area contributed by atoms with Crippen LogP contribution in [-0.2, 0) is 9.53 Å². The molecule has 1 amide bonds. The van der Waals surface area contributed by atoms with Crippen LogP contribution in [0.2, 0.25) is 0 Å². The zero-order chi connectivity index (χ0) is 11.1. The van der Waals surface area contributed by atoms with Crippen LogP contribution in [0.3, 0.4) is 0 Å². The maximum absolute atomic E-state index is 12.2. The minimum absolute atomic E-state index is 0.147. The van der Waals surface area contributed by atoms with E-state index in [1.807, 2.05) is 11.9 Å². The molecule has 0 aromatic rings. The highest BCUT2D eigenvalue weighted by Gasteiger charge is 2.52. The SMILES string of the molecule is CC(C)C1CC2(CNCCO2)C(=O)N1C. The van der Waals surface area contributed by atoms with Crippen molar-refractivity contribution in [3.8, 4) is 0 Å². The number of hydrogen-bond donors (Lipinski definition) is 1. The van der Waals surface area contributed by atoms with E-state index in [4.69, 9.17) is 4.74 Å². The van der Waals surface area contributed by atoms with Crippen molar-refractivity contribution in [2.45, 2.75) is 31.9 Å². The minimum atomic E-state index is -0.568. The molecule has 2 saturated heterocycles. The maximum atomic E-state index is 12.2. The van der Waals surface area contributed by atoms with Gasteiger partial charge >= 0.3 is 0 Å². The molecule has 15 heavy (non-hydrogen) atoms. The number of rotatable bonds is 1. The Kier molecular flexibility index (Phi) is 2.73. The van der Waals surface area contributed by atoms with Gasteiger partial charge in [0.1, 0.15) is 0 Å². The van der Waals surface area contributed by atoms with Gasteiger partial charge < -0.3 is 15.0 Å². The number of likely N-dealkylation sites (N-methyl/N-ethyl adjacent to an activating group) is 1. The molecule has 0 saturated carbocycles. The van der Waals surface area contributed by atoms with Crippen molar-refractivity contribution in [2.24, 2.45) is 5.92 Å². The lowest BCUT2D eigenvalue weighted by atomic mass is 9.93. The summed E-state index contributed by atoms with van der Waals surface area (Å²) in [6.45, 7) is 6.47. The number of nitrogens with zero attached hydrogens (tertiary/aromatic N) is 1. The van der Waals surface area contributed by atoms with Gasteiger partial charge in [0, 0.05) is 32.6 Å². The number of amides is 1. The molecule has 2 rings (SSSR count). The highest BCUT2D eigenvalue weighted by atomic mass is 16.5. The third-order valence-corrected chi connectivity index (χ3v) is 3.58. The van der Waals surface area contributed by atoms with Gasteiger partial charge in [-0.15, -0.1) is 0 Å². The number of carbonyl (C=O) groups excluding carboxylic acids is 1. The Labute approximate surface area is 91.0 Å². The van der Waals surface area contributed by atoms with Crippen molar-refractivity contribution in [3.63, 3.8) is 0 Å². The van der Waals surface area contributed by atoms with Crippen LogP contribution in [0.1, 0.15) is 20.3 Å². The van der Waals surface area contributed by atoms with Gasteiger partial charge in [-0.3, -0.25) is 4.79 Å². The van der Waals surface area contributed by atoms with Crippen LogP contribution >= 0.6 is 0 Å². The van der Waals surface area contributed by atoms with E-state index in [2.05, 4.69) is 19.2 Å². The van der Waals surface area contributed by atoms with Crippen LogP contribution in [-0.4, -0.2) is 49.2 Å². The molecule has 4 nitrogen and oxygen atoms in total. The average Bonchev–Trinajstić information content (AvgIpc) is 2.46. The maximum Gasteiger partial charge on any atom is 0.256 e. The summed E-state index contributed by atoms with van der Waals surface area (Å²) >= 11 is 0. The zero-order valence-electron chi connectivity index (χ0n) is 9.75. The molecule has 86 valence electrons. The fourth-order valence-corrected chi connectivity index (χ4v) is 2.65. The predicted octanol–water partition coefficient (Wildman–Crippen LogP) is 0.232. The van der Waals surface area contributed by atoms with Gasteiger partial charge in [-0.2, -0.15) is 0 Å². The first-order chi connectivity index (χ1) is 7.07. The van der Waals surface area contributed by atoms with Crippen molar-refractivity contribution in [3.05, 3.63) is 0 Å². The van der Waals surface area contributed by atoms with E-state index in [9.17, 15) is 4.79 Å². The number of hydrogen-bond acceptors (Lipinski definition) is 3. The molecule has 1 N–H and O–H groups in total. The van der Waals surface area contributed by atoms with Crippen LogP contribution in [0.5, 0.6) is 0 Å². The summed E-state index contributed by atoms with van der Waals surface area (Å²) in [5, 5.41) is 3.26. The van der Waals surface area contributed by atoms with Crippen molar-refractivity contribution >= 4 is 5.91 Å². The largest absolute Gasteiger partial charge is 0.362 e. The van der Waals surface area contributed by atoms with Gasteiger partial charge in [0.15, 0.2) is 5.60 Å². The Balaban J connectivity index is 2.18. The second-order valence-corrected chi connectivity index (χ2v) is 4.95. The molecule has 0 aliphatic carbocycles. The molecule has 4 heteroatoms. The minimum Gasteiger partial charge on any atom is -0.362 e. The van der Waals surface area contributed by atoms with Gasteiger partial charge in [-0.1, -0.05) is 13.8 Å². The van der Waals surface area contributed by atoms with E-state index in [-0.39, 0.29) is 5.91 Å². The van der Waals surface area contributed by atoms with Crippen molar-refractivity contribution < 1.29 is 9.53 Å². The van der Waals surface area contributed by atoms with Crippen LogP contribution in [0.15, 0.2) is 0 Å². The van der Waals surface area contributed by atoms with E-state index >= 15 is 0 Å². The molecule has 2 heterocycles. The average molecular weight is 212 g/mol. The lowest BCUT2D eigenvalue weighted by Crippen LogP contribution is -2.54. The van der Waals surface area contributed by atoms with Gasteiger partial charge in [-0.05, 0) is 5.92 Å². The first-order valence-electron chi connectivity index (χ1n) is 5.69. The second-order valence-electron chi connectivity index (χ2n) is 4.95. The summed E-state index contributed by atoms with van der Waals surface area (Å²) < 4.78 is 5.74. The lowest BCUT2D eigenvalue weighted by Gasteiger charge is -2.32. The Morgan fingerprint density at radius 2 is 2.33 bits per heavy atom. The molecule has 2 fully saturated rings. The summed E-state index contributed by atoms with van der Waals surface area (Å²) in [5.74, 6) is 0.636. The fourth-order valence-electron chi connectivity index (χ4n) is 2.65. The van der Waals surface area contributed by atoms with E-state index in [0.29, 0.717) is 25.1 Å². The molecule has 2 atom stereocenters. The smallest absolute Gasteiger partial charge is 0.256 e. The van der Waals surface area contributed by atoms with E-state index < -0.39 is 5.60 Å². The standard InChI is InChI=1S/C11H20N2O2/c1-8(2)9-6-11(10(14)13(9)3)7-12-4-5-15-11/h8-9,12H,4-7H2,1-3H3. The molecule has 1 spiro atoms. The van der Waals surface area contributed by atoms with Crippen molar-refractivity contribution in [2.75, 3.05) is 26.7 Å². The molecular weight excluding hydrogens is 192 g/mol. The number of morpholine rings is 1. The Morgan fingerprint density at radius 1 is 1.60 bits per heavy atom. The van der Waals surface area contributed by atoms with Crippen LogP contribution in [0, 0.1) is 5.92 Å². The predicted molar refractivity (Wildman–Crippen MR) is 57.6 cm³/mol. The van der Waals surface area contributed by atoms with Crippen LogP contribution in [0.25, 0.3) is 0 Å². The molecule has 2 aliphatic heterocycles. The van der Waals surface area contributed by atoms with Gasteiger partial charge in [0.05, 0.1) is 6.61 Å². The molecule has 0 aromatic heterocycles. The molecule has 2 aliphatic rings. The summed E-state index contributed by atoms with van der Waals surface area (Å²) in [5.41, 5.74) is -0.568. The first-order valence-corrected chi connectivity index (χ1v) is 5.69. The highest BCUT2D eigenvalue weighted by molar-refractivity contribution is 5.88. The van der Waals surface area contributed by atoms with Gasteiger partial charge in [0.2, 0.25) is 0 Å². The van der Waals surface area contributed by atoms with Crippen molar-refractivity contribution in [1.82, 2.24) is 10.2 Å². The van der Waals surface area contributed by atoms with E-state index in [1.54, 1.807) is 0 Å². The molecule has 2 unspecified atom stereocenters. The normalized spacial score (nSPS) is 36.9. The summed E-state index contributed by atoms with van der Waals surface area (Å²) in [4.78, 5) is 14.0.